The zero-order valence-corrected chi connectivity index (χ0v) is 27.2. The predicted octanol–water partition coefficient (Wildman–Crippen LogP) is 9.07. The van der Waals surface area contributed by atoms with Crippen molar-refractivity contribution in [1.82, 2.24) is 14.5 Å². The van der Waals surface area contributed by atoms with Crippen LogP contribution in [0, 0.1) is 0 Å². The number of rotatable bonds is 19. The van der Waals surface area contributed by atoms with Crippen molar-refractivity contribution >= 4 is 22.6 Å². The minimum atomic E-state index is 0.603. The summed E-state index contributed by atoms with van der Waals surface area (Å²) in [5, 5.41) is 0.750. The third kappa shape index (κ3) is 9.38. The highest BCUT2D eigenvalue weighted by Crippen LogP contribution is 2.35. The van der Waals surface area contributed by atoms with Crippen molar-refractivity contribution in [2.24, 2.45) is 0 Å². The summed E-state index contributed by atoms with van der Waals surface area (Å²) in [5.74, 6) is 3.42. The summed E-state index contributed by atoms with van der Waals surface area (Å²) in [6, 6.07) is 20.3. The molecule has 0 N–H and O–H groups in total. The molecule has 0 atom stereocenters. The van der Waals surface area contributed by atoms with Gasteiger partial charge in [0.2, 0.25) is 0 Å². The molecule has 0 saturated heterocycles. The maximum absolute atomic E-state index is 6.30. The maximum atomic E-state index is 6.30. The molecule has 1 heterocycles. The molecule has 0 aliphatic carbocycles. The van der Waals surface area contributed by atoms with E-state index < -0.39 is 0 Å². The van der Waals surface area contributed by atoms with Gasteiger partial charge in [-0.05, 0) is 74.3 Å². The van der Waals surface area contributed by atoms with Crippen LogP contribution < -0.4 is 14.2 Å². The molecule has 7 heteroatoms. The number of imidazole rings is 1. The van der Waals surface area contributed by atoms with Crippen LogP contribution in [0.4, 0.5) is 0 Å². The monoisotopic (exact) mass is 605 g/mol. The molecule has 232 valence electrons. The molecular weight excluding hydrogens is 558 g/mol. The number of fused-ring (bicyclic) bond motifs is 1. The molecule has 0 saturated carbocycles. The number of nitrogens with zero attached hydrogens (tertiary/aromatic N) is 3. The maximum Gasteiger partial charge on any atom is 0.150 e. The van der Waals surface area contributed by atoms with Crippen LogP contribution in [0.3, 0.4) is 0 Å². The van der Waals surface area contributed by atoms with Crippen molar-refractivity contribution in [3.63, 3.8) is 0 Å². The van der Waals surface area contributed by atoms with Crippen molar-refractivity contribution in [3.05, 3.63) is 71.2 Å². The summed E-state index contributed by atoms with van der Waals surface area (Å²) in [7, 11) is 0. The van der Waals surface area contributed by atoms with Crippen molar-refractivity contribution in [3.8, 4) is 28.6 Å². The summed E-state index contributed by atoms with van der Waals surface area (Å²) < 4.78 is 21.0. The fourth-order valence-electron chi connectivity index (χ4n) is 5.11. The number of aryl methyl sites for hydroxylation is 1. The third-order valence-corrected chi connectivity index (χ3v) is 8.00. The van der Waals surface area contributed by atoms with Gasteiger partial charge in [0.1, 0.15) is 22.8 Å². The number of ether oxygens (including phenoxy) is 3. The number of hydrogen-bond donors (Lipinski definition) is 0. The molecule has 0 bridgehead atoms. The Balaban J connectivity index is 1.56. The fraction of sp³-hybridized carbons (Fsp3) is 0.472. The van der Waals surface area contributed by atoms with Gasteiger partial charge in [-0.15, -0.1) is 0 Å². The zero-order chi connectivity index (χ0) is 30.4. The van der Waals surface area contributed by atoms with E-state index in [0.717, 1.165) is 109 Å². The Bertz CT molecular complexity index is 1380. The largest absolute Gasteiger partial charge is 0.493 e. The van der Waals surface area contributed by atoms with Gasteiger partial charge in [-0.3, -0.25) is 0 Å². The van der Waals surface area contributed by atoms with Crippen molar-refractivity contribution < 1.29 is 14.2 Å². The van der Waals surface area contributed by atoms with Gasteiger partial charge in [-0.2, -0.15) is 0 Å². The molecule has 4 rings (SSSR count). The Hall–Kier alpha value is -3.22. The first kappa shape index (κ1) is 32.7. The van der Waals surface area contributed by atoms with Crippen LogP contribution in [0.25, 0.3) is 22.4 Å². The molecule has 6 nitrogen and oxygen atoms in total. The average molecular weight is 606 g/mol. The van der Waals surface area contributed by atoms with Crippen LogP contribution in [0.5, 0.6) is 17.2 Å². The number of halogens is 1. The highest BCUT2D eigenvalue weighted by atomic mass is 35.5. The van der Waals surface area contributed by atoms with E-state index in [-0.39, 0.29) is 0 Å². The summed E-state index contributed by atoms with van der Waals surface area (Å²) in [5.41, 5.74) is 4.20. The molecule has 0 radical (unpaired) electrons. The Morgan fingerprint density at radius 2 is 1.44 bits per heavy atom. The topological polar surface area (TPSA) is 48.8 Å². The van der Waals surface area contributed by atoms with Crippen molar-refractivity contribution in [2.75, 3.05) is 39.5 Å². The minimum Gasteiger partial charge on any atom is -0.493 e. The van der Waals surface area contributed by atoms with Crippen LogP contribution in [-0.2, 0) is 13.0 Å². The first-order valence-corrected chi connectivity index (χ1v) is 16.4. The van der Waals surface area contributed by atoms with Gasteiger partial charge in [0.05, 0.1) is 25.3 Å². The molecule has 0 aliphatic heterocycles. The van der Waals surface area contributed by atoms with E-state index in [2.05, 4.69) is 55.4 Å². The van der Waals surface area contributed by atoms with E-state index in [9.17, 15) is 0 Å². The predicted molar refractivity (Wildman–Crippen MR) is 179 cm³/mol. The van der Waals surface area contributed by atoms with Gasteiger partial charge < -0.3 is 23.7 Å². The van der Waals surface area contributed by atoms with Gasteiger partial charge in [-0.25, -0.2) is 4.98 Å². The Labute approximate surface area is 262 Å². The Morgan fingerprint density at radius 3 is 2.14 bits per heavy atom. The summed E-state index contributed by atoms with van der Waals surface area (Å²) in [4.78, 5) is 7.58. The minimum absolute atomic E-state index is 0.603. The molecule has 4 aromatic rings. The van der Waals surface area contributed by atoms with Gasteiger partial charge in [0.25, 0.3) is 0 Å². The summed E-state index contributed by atoms with van der Waals surface area (Å²) in [6.07, 6.45) is 6.05. The van der Waals surface area contributed by atoms with E-state index in [1.807, 2.05) is 42.5 Å². The van der Waals surface area contributed by atoms with E-state index in [1.54, 1.807) is 0 Å². The van der Waals surface area contributed by atoms with Gasteiger partial charge >= 0.3 is 0 Å². The lowest BCUT2D eigenvalue weighted by Gasteiger charge is -2.18. The first-order valence-electron chi connectivity index (χ1n) is 16.1. The molecule has 0 amide bonds. The molecule has 0 fully saturated rings. The Kier molecular flexibility index (Phi) is 13.1. The second-order valence-corrected chi connectivity index (χ2v) is 11.3. The molecule has 3 aromatic carbocycles. The lowest BCUT2D eigenvalue weighted by molar-refractivity contribution is 0.248. The second-order valence-electron chi connectivity index (χ2n) is 10.9. The van der Waals surface area contributed by atoms with Crippen LogP contribution in [0.2, 0.25) is 5.02 Å². The molecule has 0 unspecified atom stereocenters. The van der Waals surface area contributed by atoms with Crippen LogP contribution in [-0.4, -0.2) is 53.9 Å². The smallest absolute Gasteiger partial charge is 0.150 e. The van der Waals surface area contributed by atoms with Gasteiger partial charge in [0, 0.05) is 42.2 Å². The van der Waals surface area contributed by atoms with Gasteiger partial charge in [0.15, 0.2) is 5.75 Å². The van der Waals surface area contributed by atoms with E-state index in [4.69, 9.17) is 30.8 Å². The number of hydrogen-bond acceptors (Lipinski definition) is 5. The SMILES string of the molecule is CCCCOc1cc(OCCCN(CC)CC)cc2c1nc(-c1ccc(OCCc3ccc(Cl)cc3)cc1)n2CCCC. The van der Waals surface area contributed by atoms with Crippen LogP contribution in [0.15, 0.2) is 60.7 Å². The molecule has 0 aliphatic rings. The normalized spacial score (nSPS) is 11.4. The quantitative estimate of drug-likeness (QED) is 0.0998. The second kappa shape index (κ2) is 17.2. The van der Waals surface area contributed by atoms with Crippen LogP contribution >= 0.6 is 11.6 Å². The Morgan fingerprint density at radius 1 is 0.744 bits per heavy atom. The highest BCUT2D eigenvalue weighted by Gasteiger charge is 2.18. The van der Waals surface area contributed by atoms with Crippen molar-refractivity contribution in [2.45, 2.75) is 72.8 Å². The third-order valence-electron chi connectivity index (χ3n) is 7.75. The van der Waals surface area contributed by atoms with E-state index >= 15 is 0 Å². The van der Waals surface area contributed by atoms with E-state index in [0.29, 0.717) is 19.8 Å². The summed E-state index contributed by atoms with van der Waals surface area (Å²) in [6.45, 7) is 14.8. The number of aromatic nitrogens is 2. The molecule has 0 spiro atoms. The fourth-order valence-corrected chi connectivity index (χ4v) is 5.23. The highest BCUT2D eigenvalue weighted by molar-refractivity contribution is 6.30. The van der Waals surface area contributed by atoms with Gasteiger partial charge in [-0.1, -0.05) is 64.3 Å². The van der Waals surface area contributed by atoms with Crippen molar-refractivity contribution in [1.29, 1.82) is 0 Å². The average Bonchev–Trinajstić information content (AvgIpc) is 3.40. The molecule has 43 heavy (non-hydrogen) atoms. The zero-order valence-electron chi connectivity index (χ0n) is 26.4. The lowest BCUT2D eigenvalue weighted by atomic mass is 10.1. The van der Waals surface area contributed by atoms with Crippen LogP contribution in [0.1, 0.15) is 65.4 Å². The molecule has 1 aromatic heterocycles. The standard InChI is InChI=1S/C36H48ClN3O3/c1-5-9-22-40-33-26-32(41-24-11-21-39(7-3)8-4)27-34(43-23-10-6-2)35(33)38-36(40)29-14-18-31(19-15-29)42-25-20-28-12-16-30(37)17-13-28/h12-19,26-27H,5-11,20-25H2,1-4H3. The number of benzene rings is 3. The summed E-state index contributed by atoms with van der Waals surface area (Å²) >= 11 is 6.01. The first-order chi connectivity index (χ1) is 21.1. The number of unbranched alkanes of at least 4 members (excludes halogenated alkanes) is 2. The molecular formula is C36H48ClN3O3. The van der Waals surface area contributed by atoms with E-state index in [1.165, 1.54) is 5.56 Å². The lowest BCUT2D eigenvalue weighted by Crippen LogP contribution is -2.25.